The summed E-state index contributed by atoms with van der Waals surface area (Å²) in [7, 11) is -2.48. The molecule has 3 aromatic carbocycles. The molecule has 0 atom stereocenters. The number of hydrogen-bond acceptors (Lipinski definition) is 6. The van der Waals surface area contributed by atoms with E-state index < -0.39 is 21.9 Å². The van der Waals surface area contributed by atoms with Crippen LogP contribution in [0.15, 0.2) is 76.6 Å². The Hall–Kier alpha value is -3.47. The summed E-state index contributed by atoms with van der Waals surface area (Å²) in [5, 5.41) is 0.519. The second-order valence-corrected chi connectivity index (χ2v) is 10.7. The molecule has 0 saturated carbocycles. The van der Waals surface area contributed by atoms with Crippen LogP contribution in [-0.2, 0) is 26.1 Å². The number of nitrogens with zero attached hydrogens (tertiary/aromatic N) is 2. The predicted octanol–water partition coefficient (Wildman–Crippen LogP) is 4.38. The van der Waals surface area contributed by atoms with E-state index in [1.165, 1.54) is 54.8 Å². The van der Waals surface area contributed by atoms with Crippen molar-refractivity contribution in [2.45, 2.75) is 18.4 Å². The quantitative estimate of drug-likeness (QED) is 0.373. The molecule has 0 unspecified atom stereocenters. The number of carbonyl (C=O) groups excluding carboxylic acids is 2. The van der Waals surface area contributed by atoms with Gasteiger partial charge in [-0.3, -0.25) is 14.3 Å². The number of aromatic nitrogens is 1. The number of benzene rings is 3. The number of amides is 1. The van der Waals surface area contributed by atoms with E-state index in [2.05, 4.69) is 9.71 Å². The standard InChI is InChI=1S/C24H20ClN3O5S2/c1-15-3-10-19(11-4-15)35(31,32)27-18-8-5-16(6-9-18)23(30)26-24-28(14-22(29)33-2)20-12-7-17(25)13-21(20)34-24/h3-13,27H,14H2,1-2H3. The fourth-order valence-electron chi connectivity index (χ4n) is 3.24. The number of ether oxygens (including phenoxy) is 1. The fraction of sp³-hybridized carbons (Fsp3) is 0.125. The van der Waals surface area contributed by atoms with Gasteiger partial charge >= 0.3 is 5.97 Å². The Morgan fingerprint density at radius 3 is 2.40 bits per heavy atom. The van der Waals surface area contributed by atoms with Gasteiger partial charge in [-0.1, -0.05) is 40.6 Å². The number of carbonyl (C=O) groups is 2. The van der Waals surface area contributed by atoms with Crippen molar-refractivity contribution in [2.24, 2.45) is 4.99 Å². The van der Waals surface area contributed by atoms with Crippen LogP contribution in [0, 0.1) is 6.92 Å². The van der Waals surface area contributed by atoms with Crippen molar-refractivity contribution in [1.82, 2.24) is 4.57 Å². The molecule has 0 bridgehead atoms. The number of sulfonamides is 1. The summed E-state index contributed by atoms with van der Waals surface area (Å²) in [4.78, 5) is 29.4. The maximum atomic E-state index is 12.9. The Kier molecular flexibility index (Phi) is 7.06. The summed E-state index contributed by atoms with van der Waals surface area (Å²) >= 11 is 7.30. The van der Waals surface area contributed by atoms with Crippen LogP contribution in [0.1, 0.15) is 15.9 Å². The summed E-state index contributed by atoms with van der Waals surface area (Å²) in [5.74, 6) is -1.03. The lowest BCUT2D eigenvalue weighted by molar-refractivity contribution is -0.141. The third-order valence-electron chi connectivity index (χ3n) is 5.07. The van der Waals surface area contributed by atoms with Crippen LogP contribution < -0.4 is 9.52 Å². The monoisotopic (exact) mass is 529 g/mol. The molecule has 0 fully saturated rings. The topological polar surface area (TPSA) is 107 Å². The number of esters is 1. The van der Waals surface area contributed by atoms with Crippen LogP contribution in [-0.4, -0.2) is 32.0 Å². The number of fused-ring (bicyclic) bond motifs is 1. The number of nitrogens with one attached hydrogen (secondary N) is 1. The molecule has 0 aliphatic heterocycles. The zero-order valence-electron chi connectivity index (χ0n) is 18.7. The molecule has 4 aromatic rings. The molecule has 1 heterocycles. The van der Waals surface area contributed by atoms with Crippen molar-refractivity contribution in [3.63, 3.8) is 0 Å². The molecular formula is C24H20ClN3O5S2. The largest absolute Gasteiger partial charge is 0.468 e. The summed E-state index contributed by atoms with van der Waals surface area (Å²) in [5.41, 5.74) is 2.20. The molecular weight excluding hydrogens is 510 g/mol. The minimum atomic E-state index is -3.76. The predicted molar refractivity (Wildman–Crippen MR) is 135 cm³/mol. The van der Waals surface area contributed by atoms with E-state index in [-0.39, 0.29) is 17.0 Å². The molecule has 180 valence electrons. The lowest BCUT2D eigenvalue weighted by Crippen LogP contribution is -2.22. The number of hydrogen-bond donors (Lipinski definition) is 1. The minimum Gasteiger partial charge on any atom is -0.468 e. The molecule has 0 saturated heterocycles. The van der Waals surface area contributed by atoms with Crippen LogP contribution >= 0.6 is 22.9 Å². The smallest absolute Gasteiger partial charge is 0.325 e. The molecule has 0 aliphatic carbocycles. The molecule has 11 heteroatoms. The van der Waals surface area contributed by atoms with Gasteiger partial charge in [0.1, 0.15) is 6.54 Å². The summed E-state index contributed by atoms with van der Waals surface area (Å²) in [6.07, 6.45) is 0. The number of methoxy groups -OCH3 is 1. The van der Waals surface area contributed by atoms with Crippen molar-refractivity contribution < 1.29 is 22.7 Å². The number of thiazole rings is 1. The number of anilines is 1. The van der Waals surface area contributed by atoms with Gasteiger partial charge in [0.15, 0.2) is 4.80 Å². The average Bonchev–Trinajstić information content (AvgIpc) is 3.15. The Labute approximate surface area is 210 Å². The Bertz CT molecular complexity index is 1590. The van der Waals surface area contributed by atoms with Crippen molar-refractivity contribution >= 4 is 60.7 Å². The molecule has 0 aliphatic rings. The molecule has 1 aromatic heterocycles. The maximum absolute atomic E-state index is 12.9. The van der Waals surface area contributed by atoms with Crippen molar-refractivity contribution in [1.29, 1.82) is 0 Å². The first-order valence-corrected chi connectivity index (χ1v) is 13.0. The van der Waals surface area contributed by atoms with Gasteiger partial charge in [0, 0.05) is 16.3 Å². The first-order chi connectivity index (χ1) is 16.7. The molecule has 0 radical (unpaired) electrons. The molecule has 35 heavy (non-hydrogen) atoms. The lowest BCUT2D eigenvalue weighted by atomic mass is 10.2. The first-order valence-electron chi connectivity index (χ1n) is 10.3. The second-order valence-electron chi connectivity index (χ2n) is 7.57. The Morgan fingerprint density at radius 1 is 1.06 bits per heavy atom. The first kappa shape index (κ1) is 24.6. The highest BCUT2D eigenvalue weighted by atomic mass is 35.5. The van der Waals surface area contributed by atoms with Crippen LogP contribution in [0.5, 0.6) is 0 Å². The second kappa shape index (κ2) is 10.0. The lowest BCUT2D eigenvalue weighted by Gasteiger charge is -2.08. The summed E-state index contributed by atoms with van der Waals surface area (Å²) in [6, 6.07) is 17.6. The van der Waals surface area contributed by atoms with Crippen LogP contribution in [0.3, 0.4) is 0 Å². The van der Waals surface area contributed by atoms with E-state index in [0.29, 0.717) is 21.0 Å². The maximum Gasteiger partial charge on any atom is 0.325 e. The van der Waals surface area contributed by atoms with E-state index in [4.69, 9.17) is 16.3 Å². The van der Waals surface area contributed by atoms with Crippen molar-refractivity contribution in [3.8, 4) is 0 Å². The van der Waals surface area contributed by atoms with Gasteiger partial charge in [-0.25, -0.2) is 8.42 Å². The highest BCUT2D eigenvalue weighted by Crippen LogP contribution is 2.22. The number of aryl methyl sites for hydroxylation is 1. The Morgan fingerprint density at radius 2 is 1.74 bits per heavy atom. The van der Waals surface area contributed by atoms with Crippen molar-refractivity contribution in [3.05, 3.63) is 87.7 Å². The van der Waals surface area contributed by atoms with Gasteiger partial charge in [0.2, 0.25) is 0 Å². The SMILES string of the molecule is COC(=O)Cn1c(=NC(=O)c2ccc(NS(=O)(=O)c3ccc(C)cc3)cc2)sc2cc(Cl)ccc21. The highest BCUT2D eigenvalue weighted by Gasteiger charge is 2.15. The van der Waals surface area contributed by atoms with Crippen LogP contribution in [0.4, 0.5) is 5.69 Å². The molecule has 1 N–H and O–H groups in total. The van der Waals surface area contributed by atoms with Crippen LogP contribution in [0.25, 0.3) is 10.2 Å². The normalized spacial score (nSPS) is 12.0. The van der Waals surface area contributed by atoms with E-state index >= 15 is 0 Å². The van der Waals surface area contributed by atoms with Gasteiger partial charge < -0.3 is 9.30 Å². The van der Waals surface area contributed by atoms with E-state index in [9.17, 15) is 18.0 Å². The third-order valence-corrected chi connectivity index (χ3v) is 7.75. The number of rotatable bonds is 6. The average molecular weight is 530 g/mol. The molecule has 4 rings (SSSR count). The zero-order valence-corrected chi connectivity index (χ0v) is 21.1. The Balaban J connectivity index is 1.62. The minimum absolute atomic E-state index is 0.121. The van der Waals surface area contributed by atoms with E-state index in [0.717, 1.165) is 10.3 Å². The van der Waals surface area contributed by atoms with Gasteiger partial charge in [-0.15, -0.1) is 0 Å². The summed E-state index contributed by atoms with van der Waals surface area (Å²) < 4.78 is 34.8. The molecule has 8 nitrogen and oxygen atoms in total. The zero-order chi connectivity index (χ0) is 25.2. The van der Waals surface area contributed by atoms with Gasteiger partial charge in [-0.05, 0) is 61.5 Å². The van der Waals surface area contributed by atoms with Gasteiger partial charge in [0.05, 0.1) is 22.2 Å². The van der Waals surface area contributed by atoms with Crippen LogP contribution in [0.2, 0.25) is 5.02 Å². The van der Waals surface area contributed by atoms with Gasteiger partial charge in [-0.2, -0.15) is 4.99 Å². The molecule has 1 amide bonds. The third kappa shape index (κ3) is 5.61. The van der Waals surface area contributed by atoms with E-state index in [1.54, 1.807) is 34.9 Å². The van der Waals surface area contributed by atoms with Crippen molar-refractivity contribution in [2.75, 3.05) is 11.8 Å². The fourth-order valence-corrected chi connectivity index (χ4v) is 5.61. The molecule has 0 spiro atoms. The highest BCUT2D eigenvalue weighted by molar-refractivity contribution is 7.92. The van der Waals surface area contributed by atoms with Gasteiger partial charge in [0.25, 0.3) is 15.9 Å². The number of halogens is 1. The van der Waals surface area contributed by atoms with E-state index in [1.807, 2.05) is 6.92 Å². The summed E-state index contributed by atoms with van der Waals surface area (Å²) in [6.45, 7) is 1.75.